The van der Waals surface area contributed by atoms with Crippen LogP contribution in [0.5, 0.6) is 0 Å². The molecular formula is C7H7N3O2S. The Kier molecular flexibility index (Phi) is 2.89. The van der Waals surface area contributed by atoms with Gasteiger partial charge in [-0.1, -0.05) is 5.11 Å². The second-order valence-corrected chi connectivity index (χ2v) is 3.16. The number of hydrogen-bond donors (Lipinski definition) is 0. The first-order chi connectivity index (χ1) is 6.20. The molecule has 0 saturated heterocycles. The fourth-order valence-electron chi connectivity index (χ4n) is 0.845. The molecule has 0 bridgehead atoms. The number of carbonyl (C=O) groups is 1. The van der Waals surface area contributed by atoms with Crippen molar-refractivity contribution in [2.75, 3.05) is 7.11 Å². The van der Waals surface area contributed by atoms with E-state index in [-0.39, 0.29) is 0 Å². The molecule has 0 aliphatic rings. The minimum Gasteiger partial charge on any atom is -0.465 e. The third kappa shape index (κ3) is 1.80. The second-order valence-electron chi connectivity index (χ2n) is 2.28. The van der Waals surface area contributed by atoms with Gasteiger partial charge in [-0.15, -0.1) is 11.3 Å². The number of hydrogen-bond acceptors (Lipinski definition) is 4. The van der Waals surface area contributed by atoms with Crippen molar-refractivity contribution in [1.82, 2.24) is 0 Å². The molecule has 0 aliphatic carbocycles. The number of nitrogens with zero attached hydrogens (tertiary/aromatic N) is 3. The number of aryl methyl sites for hydroxylation is 1. The summed E-state index contributed by atoms with van der Waals surface area (Å²) in [6.07, 6.45) is 0. The van der Waals surface area contributed by atoms with Crippen LogP contribution >= 0.6 is 11.3 Å². The lowest BCUT2D eigenvalue weighted by Crippen LogP contribution is -1.97. The summed E-state index contributed by atoms with van der Waals surface area (Å²) >= 11 is 1.21. The monoisotopic (exact) mass is 197 g/mol. The van der Waals surface area contributed by atoms with E-state index in [1.165, 1.54) is 18.4 Å². The van der Waals surface area contributed by atoms with Crippen molar-refractivity contribution in [3.8, 4) is 0 Å². The van der Waals surface area contributed by atoms with E-state index in [0.717, 1.165) is 5.56 Å². The minimum absolute atomic E-state index is 0.345. The SMILES string of the molecule is COC(=O)c1scc(C)c1N=[N+]=[N-]. The maximum Gasteiger partial charge on any atom is 0.348 e. The largest absolute Gasteiger partial charge is 0.465 e. The predicted octanol–water partition coefficient (Wildman–Crippen LogP) is 2.78. The van der Waals surface area contributed by atoms with Crippen LogP contribution in [0.1, 0.15) is 15.2 Å². The highest BCUT2D eigenvalue weighted by Gasteiger charge is 2.14. The molecule has 1 aromatic heterocycles. The van der Waals surface area contributed by atoms with Crippen LogP contribution in [0.4, 0.5) is 5.69 Å². The Labute approximate surface area is 78.6 Å². The number of rotatable bonds is 2. The Morgan fingerprint density at radius 1 is 1.77 bits per heavy atom. The second kappa shape index (κ2) is 3.93. The van der Waals surface area contributed by atoms with Crippen molar-refractivity contribution in [3.63, 3.8) is 0 Å². The molecular weight excluding hydrogens is 190 g/mol. The Morgan fingerprint density at radius 3 is 3.00 bits per heavy atom. The molecule has 0 aromatic carbocycles. The van der Waals surface area contributed by atoms with Crippen LogP contribution < -0.4 is 0 Å². The Hall–Kier alpha value is -1.52. The van der Waals surface area contributed by atoms with Gasteiger partial charge in [0.15, 0.2) is 0 Å². The molecule has 0 aliphatic heterocycles. The van der Waals surface area contributed by atoms with E-state index in [0.29, 0.717) is 10.6 Å². The first kappa shape index (κ1) is 9.57. The van der Waals surface area contributed by atoms with Gasteiger partial charge in [-0.25, -0.2) is 4.79 Å². The molecule has 68 valence electrons. The van der Waals surface area contributed by atoms with Crippen LogP contribution in [0.25, 0.3) is 10.4 Å². The van der Waals surface area contributed by atoms with Crippen LogP contribution in [0.3, 0.4) is 0 Å². The van der Waals surface area contributed by atoms with Gasteiger partial charge < -0.3 is 4.74 Å². The highest BCUT2D eigenvalue weighted by molar-refractivity contribution is 7.12. The number of azide groups is 1. The van der Waals surface area contributed by atoms with Gasteiger partial charge in [0, 0.05) is 4.91 Å². The maximum atomic E-state index is 11.1. The zero-order valence-electron chi connectivity index (χ0n) is 7.14. The van der Waals surface area contributed by atoms with Gasteiger partial charge >= 0.3 is 5.97 Å². The van der Waals surface area contributed by atoms with E-state index >= 15 is 0 Å². The van der Waals surface area contributed by atoms with E-state index < -0.39 is 5.97 Å². The molecule has 13 heavy (non-hydrogen) atoms. The lowest BCUT2D eigenvalue weighted by Gasteiger charge is -1.96. The molecule has 0 atom stereocenters. The molecule has 0 saturated carbocycles. The number of esters is 1. The smallest absolute Gasteiger partial charge is 0.348 e. The third-order valence-electron chi connectivity index (χ3n) is 1.46. The molecule has 0 amide bonds. The summed E-state index contributed by atoms with van der Waals surface area (Å²) in [7, 11) is 1.29. The molecule has 0 spiro atoms. The van der Waals surface area contributed by atoms with E-state index in [1.54, 1.807) is 12.3 Å². The molecule has 0 N–H and O–H groups in total. The number of thiophene rings is 1. The van der Waals surface area contributed by atoms with Gasteiger partial charge in [0.05, 0.1) is 12.8 Å². The highest BCUT2D eigenvalue weighted by Crippen LogP contribution is 2.30. The number of ether oxygens (including phenoxy) is 1. The molecule has 5 nitrogen and oxygen atoms in total. The van der Waals surface area contributed by atoms with Crippen molar-refractivity contribution >= 4 is 23.0 Å². The van der Waals surface area contributed by atoms with Crippen LogP contribution in [-0.2, 0) is 4.74 Å². The molecule has 0 radical (unpaired) electrons. The molecule has 1 rings (SSSR count). The summed E-state index contributed by atoms with van der Waals surface area (Å²) < 4.78 is 4.52. The van der Waals surface area contributed by atoms with Crippen molar-refractivity contribution in [3.05, 3.63) is 26.3 Å². The van der Waals surface area contributed by atoms with E-state index in [4.69, 9.17) is 5.53 Å². The zero-order chi connectivity index (χ0) is 9.84. The normalized spacial score (nSPS) is 9.08. The van der Waals surface area contributed by atoms with Crippen molar-refractivity contribution < 1.29 is 9.53 Å². The first-order valence-electron chi connectivity index (χ1n) is 3.42. The predicted molar refractivity (Wildman–Crippen MR) is 49.2 cm³/mol. The lowest BCUT2D eigenvalue weighted by molar-refractivity contribution is 0.0607. The summed E-state index contributed by atoms with van der Waals surface area (Å²) in [5.74, 6) is -0.472. The van der Waals surface area contributed by atoms with Gasteiger partial charge in [0.1, 0.15) is 4.88 Å². The summed E-state index contributed by atoms with van der Waals surface area (Å²) in [6, 6.07) is 0. The Balaban J connectivity index is 3.21. The molecule has 1 heterocycles. The molecule has 6 heteroatoms. The van der Waals surface area contributed by atoms with Gasteiger partial charge in [0.2, 0.25) is 0 Å². The zero-order valence-corrected chi connectivity index (χ0v) is 7.96. The van der Waals surface area contributed by atoms with Crippen LogP contribution in [0.15, 0.2) is 10.5 Å². The molecule has 1 aromatic rings. The summed E-state index contributed by atoms with van der Waals surface area (Å²) in [6.45, 7) is 1.77. The van der Waals surface area contributed by atoms with Gasteiger partial charge in [-0.2, -0.15) is 0 Å². The first-order valence-corrected chi connectivity index (χ1v) is 4.30. The average Bonchev–Trinajstić information content (AvgIpc) is 2.48. The average molecular weight is 197 g/mol. The summed E-state index contributed by atoms with van der Waals surface area (Å²) in [4.78, 5) is 14.1. The molecule has 0 fully saturated rings. The number of methoxy groups -OCH3 is 1. The van der Waals surface area contributed by atoms with Crippen molar-refractivity contribution in [2.24, 2.45) is 5.11 Å². The standard InChI is InChI=1S/C7H7N3O2S/c1-4-3-13-6(7(11)12-2)5(4)9-10-8/h3H,1-2H3. The Morgan fingerprint density at radius 2 is 2.46 bits per heavy atom. The Bertz CT molecular complexity index is 379. The topological polar surface area (TPSA) is 75.1 Å². The summed E-state index contributed by atoms with van der Waals surface area (Å²) in [5, 5.41) is 5.17. The highest BCUT2D eigenvalue weighted by atomic mass is 32.1. The summed E-state index contributed by atoms with van der Waals surface area (Å²) in [5.41, 5.74) is 9.39. The maximum absolute atomic E-state index is 11.1. The van der Waals surface area contributed by atoms with Gasteiger partial charge in [-0.05, 0) is 23.4 Å². The van der Waals surface area contributed by atoms with Gasteiger partial charge in [-0.3, -0.25) is 0 Å². The van der Waals surface area contributed by atoms with E-state index in [9.17, 15) is 4.79 Å². The minimum atomic E-state index is -0.472. The van der Waals surface area contributed by atoms with E-state index in [2.05, 4.69) is 14.8 Å². The van der Waals surface area contributed by atoms with Crippen LogP contribution in [0, 0.1) is 6.92 Å². The fraction of sp³-hybridized carbons (Fsp3) is 0.286. The van der Waals surface area contributed by atoms with Crippen molar-refractivity contribution in [2.45, 2.75) is 6.92 Å². The van der Waals surface area contributed by atoms with Crippen molar-refractivity contribution in [1.29, 1.82) is 0 Å². The number of carbonyl (C=O) groups excluding carboxylic acids is 1. The quantitative estimate of drug-likeness (QED) is 0.316. The third-order valence-corrected chi connectivity index (χ3v) is 2.52. The fourth-order valence-corrected chi connectivity index (χ4v) is 1.74. The van der Waals surface area contributed by atoms with Crippen LogP contribution in [0.2, 0.25) is 0 Å². The lowest BCUT2D eigenvalue weighted by atomic mass is 10.3. The van der Waals surface area contributed by atoms with Gasteiger partial charge in [0.25, 0.3) is 0 Å². The van der Waals surface area contributed by atoms with E-state index in [1.807, 2.05) is 0 Å². The van der Waals surface area contributed by atoms with Crippen LogP contribution in [-0.4, -0.2) is 13.1 Å². The molecule has 0 unspecified atom stereocenters.